The van der Waals surface area contributed by atoms with E-state index in [4.69, 9.17) is 4.52 Å². The molecule has 1 aromatic heterocycles. The summed E-state index contributed by atoms with van der Waals surface area (Å²) in [4.78, 5) is 20.6. The molecule has 1 aromatic carbocycles. The van der Waals surface area contributed by atoms with Crippen molar-refractivity contribution in [1.82, 2.24) is 19.9 Å². The van der Waals surface area contributed by atoms with Gasteiger partial charge in [0.1, 0.15) is 5.82 Å². The van der Waals surface area contributed by atoms with Gasteiger partial charge in [0.2, 0.25) is 5.91 Å². The van der Waals surface area contributed by atoms with Gasteiger partial charge in [0.05, 0.1) is 6.54 Å². The lowest BCUT2D eigenvalue weighted by molar-refractivity contribution is -0.134. The second-order valence-electron chi connectivity index (χ2n) is 6.40. The van der Waals surface area contributed by atoms with Gasteiger partial charge >= 0.3 is 0 Å². The monoisotopic (exact) mass is 330 g/mol. The van der Waals surface area contributed by atoms with Crippen molar-refractivity contribution < 1.29 is 13.7 Å². The molecule has 1 saturated heterocycles. The molecule has 1 aliphatic carbocycles. The second kappa shape index (κ2) is 6.32. The minimum absolute atomic E-state index is 0.280. The van der Waals surface area contributed by atoms with E-state index in [-0.39, 0.29) is 11.7 Å². The van der Waals surface area contributed by atoms with Crippen molar-refractivity contribution >= 4 is 5.91 Å². The lowest BCUT2D eigenvalue weighted by Gasteiger charge is -2.34. The molecule has 0 atom stereocenters. The molecule has 2 aromatic rings. The Labute approximate surface area is 139 Å². The van der Waals surface area contributed by atoms with Crippen molar-refractivity contribution in [2.24, 2.45) is 5.92 Å². The molecule has 2 aliphatic rings. The fourth-order valence-electron chi connectivity index (χ4n) is 2.97. The summed E-state index contributed by atoms with van der Waals surface area (Å²) in [5, 5.41) is 3.98. The highest BCUT2D eigenvalue weighted by Crippen LogP contribution is 2.31. The van der Waals surface area contributed by atoms with Crippen molar-refractivity contribution in [2.45, 2.75) is 19.4 Å². The first-order valence-corrected chi connectivity index (χ1v) is 8.29. The Morgan fingerprint density at radius 3 is 2.75 bits per heavy atom. The summed E-state index contributed by atoms with van der Waals surface area (Å²) < 4.78 is 18.5. The van der Waals surface area contributed by atoms with E-state index in [2.05, 4.69) is 15.0 Å². The number of hydrogen-bond acceptors (Lipinski definition) is 5. The smallest absolute Gasteiger partial charge is 0.258 e. The Bertz CT molecular complexity index is 736. The average molecular weight is 330 g/mol. The summed E-state index contributed by atoms with van der Waals surface area (Å²) in [6, 6.07) is 6.11. The van der Waals surface area contributed by atoms with Crippen LogP contribution in [-0.2, 0) is 11.3 Å². The van der Waals surface area contributed by atoms with Crippen molar-refractivity contribution in [1.29, 1.82) is 0 Å². The van der Waals surface area contributed by atoms with Crippen LogP contribution in [0, 0.1) is 11.7 Å². The van der Waals surface area contributed by atoms with Gasteiger partial charge in [-0.15, -0.1) is 0 Å². The molecule has 6 nitrogen and oxygen atoms in total. The fraction of sp³-hybridized carbons (Fsp3) is 0.471. The summed E-state index contributed by atoms with van der Waals surface area (Å²) >= 11 is 0. The maximum atomic E-state index is 13.3. The van der Waals surface area contributed by atoms with Crippen LogP contribution >= 0.6 is 0 Å². The quantitative estimate of drug-likeness (QED) is 0.857. The lowest BCUT2D eigenvalue weighted by atomic mass is 10.2. The normalized spacial score (nSPS) is 18.8. The van der Waals surface area contributed by atoms with Gasteiger partial charge in [0.15, 0.2) is 5.82 Å². The van der Waals surface area contributed by atoms with Crippen molar-refractivity contribution in [3.8, 4) is 11.5 Å². The molecule has 0 N–H and O–H groups in total. The summed E-state index contributed by atoms with van der Waals surface area (Å²) in [6.45, 7) is 3.70. The fourth-order valence-corrected chi connectivity index (χ4v) is 2.97. The van der Waals surface area contributed by atoms with E-state index < -0.39 is 0 Å². The highest BCUT2D eigenvalue weighted by Gasteiger charge is 2.34. The highest BCUT2D eigenvalue weighted by atomic mass is 19.1. The standard InChI is InChI=1S/C17H19FN4O2/c18-14-3-1-2-13(10-14)16-19-15(20-24-16)11-21-6-8-22(9-7-21)17(23)12-4-5-12/h1-3,10,12H,4-9,11H2. The van der Waals surface area contributed by atoms with Gasteiger partial charge in [-0.3, -0.25) is 9.69 Å². The van der Waals surface area contributed by atoms with Gasteiger partial charge in [-0.2, -0.15) is 4.98 Å². The number of benzene rings is 1. The zero-order chi connectivity index (χ0) is 16.5. The van der Waals surface area contributed by atoms with Crippen LogP contribution in [0.4, 0.5) is 4.39 Å². The van der Waals surface area contributed by atoms with Crippen molar-refractivity contribution in [3.63, 3.8) is 0 Å². The number of nitrogens with zero attached hydrogens (tertiary/aromatic N) is 4. The van der Waals surface area contributed by atoms with E-state index in [9.17, 15) is 9.18 Å². The number of carbonyl (C=O) groups excluding carboxylic acids is 1. The predicted molar refractivity (Wildman–Crippen MR) is 84.3 cm³/mol. The number of rotatable bonds is 4. The highest BCUT2D eigenvalue weighted by molar-refractivity contribution is 5.81. The third-order valence-corrected chi connectivity index (χ3v) is 4.52. The Hall–Kier alpha value is -2.28. The van der Waals surface area contributed by atoms with Crippen LogP contribution in [0.15, 0.2) is 28.8 Å². The van der Waals surface area contributed by atoms with Gasteiger partial charge in [0, 0.05) is 37.7 Å². The Balaban J connectivity index is 1.34. The van der Waals surface area contributed by atoms with Gasteiger partial charge in [-0.1, -0.05) is 11.2 Å². The molecular formula is C17H19FN4O2. The number of hydrogen-bond donors (Lipinski definition) is 0. The van der Waals surface area contributed by atoms with E-state index in [1.54, 1.807) is 12.1 Å². The number of halogens is 1. The van der Waals surface area contributed by atoms with Crippen LogP contribution < -0.4 is 0 Å². The number of amides is 1. The van der Waals surface area contributed by atoms with Gasteiger partial charge in [-0.25, -0.2) is 4.39 Å². The van der Waals surface area contributed by atoms with Crippen LogP contribution in [0.2, 0.25) is 0 Å². The van der Waals surface area contributed by atoms with E-state index in [0.29, 0.717) is 29.7 Å². The summed E-state index contributed by atoms with van der Waals surface area (Å²) in [6.07, 6.45) is 2.09. The molecule has 2 fully saturated rings. The van der Waals surface area contributed by atoms with E-state index in [0.717, 1.165) is 39.0 Å². The molecule has 2 heterocycles. The molecule has 0 bridgehead atoms. The molecule has 4 rings (SSSR count). The van der Waals surface area contributed by atoms with Crippen LogP contribution in [0.25, 0.3) is 11.5 Å². The minimum Gasteiger partial charge on any atom is -0.340 e. The van der Waals surface area contributed by atoms with E-state index in [1.807, 2.05) is 4.90 Å². The second-order valence-corrected chi connectivity index (χ2v) is 6.40. The summed E-state index contributed by atoms with van der Waals surface area (Å²) in [5.41, 5.74) is 0.577. The van der Waals surface area contributed by atoms with Crippen molar-refractivity contribution in [2.75, 3.05) is 26.2 Å². The molecule has 1 saturated carbocycles. The summed E-state index contributed by atoms with van der Waals surface area (Å²) in [7, 11) is 0. The van der Waals surface area contributed by atoms with Crippen LogP contribution in [-0.4, -0.2) is 52.0 Å². The molecule has 24 heavy (non-hydrogen) atoms. The third kappa shape index (κ3) is 3.31. The Morgan fingerprint density at radius 2 is 2.04 bits per heavy atom. The molecular weight excluding hydrogens is 311 g/mol. The maximum absolute atomic E-state index is 13.3. The molecule has 0 unspecified atom stereocenters. The minimum atomic E-state index is -0.330. The molecule has 0 radical (unpaired) electrons. The SMILES string of the molecule is O=C(C1CC1)N1CCN(Cc2noc(-c3cccc(F)c3)n2)CC1. The Morgan fingerprint density at radius 1 is 1.25 bits per heavy atom. The molecule has 1 aliphatic heterocycles. The lowest BCUT2D eigenvalue weighted by Crippen LogP contribution is -2.48. The first-order chi connectivity index (χ1) is 11.7. The van der Waals surface area contributed by atoms with E-state index >= 15 is 0 Å². The van der Waals surface area contributed by atoms with Crippen molar-refractivity contribution in [3.05, 3.63) is 35.9 Å². The first kappa shape index (κ1) is 15.3. The summed E-state index contributed by atoms with van der Waals surface area (Å²) in [5.74, 6) is 1.16. The van der Waals surface area contributed by atoms with Crippen LogP contribution in [0.3, 0.4) is 0 Å². The predicted octanol–water partition coefficient (Wildman–Crippen LogP) is 1.93. The molecule has 0 spiro atoms. The largest absolute Gasteiger partial charge is 0.340 e. The maximum Gasteiger partial charge on any atom is 0.258 e. The number of carbonyl (C=O) groups is 1. The van der Waals surface area contributed by atoms with E-state index in [1.165, 1.54) is 12.1 Å². The van der Waals surface area contributed by atoms with Gasteiger partial charge in [0.25, 0.3) is 5.89 Å². The topological polar surface area (TPSA) is 62.5 Å². The molecule has 1 amide bonds. The first-order valence-electron chi connectivity index (χ1n) is 8.29. The zero-order valence-electron chi connectivity index (χ0n) is 13.3. The average Bonchev–Trinajstić information content (AvgIpc) is 3.34. The number of piperazine rings is 1. The molecule has 7 heteroatoms. The van der Waals surface area contributed by atoms with Gasteiger partial charge < -0.3 is 9.42 Å². The molecule has 126 valence electrons. The van der Waals surface area contributed by atoms with Crippen LogP contribution in [0.5, 0.6) is 0 Å². The van der Waals surface area contributed by atoms with Crippen LogP contribution in [0.1, 0.15) is 18.7 Å². The zero-order valence-corrected chi connectivity index (χ0v) is 13.3. The third-order valence-electron chi connectivity index (χ3n) is 4.52. The Kier molecular flexibility index (Phi) is 4.02. The van der Waals surface area contributed by atoms with Gasteiger partial charge in [-0.05, 0) is 31.0 Å². The number of aromatic nitrogens is 2.